The van der Waals surface area contributed by atoms with Crippen molar-refractivity contribution in [2.45, 2.75) is 33.4 Å². The Balaban J connectivity index is 3.31. The normalized spacial score (nSPS) is 10.5. The number of nitrogens with zero attached hydrogens (tertiary/aromatic N) is 1. The lowest BCUT2D eigenvalue weighted by molar-refractivity contribution is -0.149. The molecule has 0 aliphatic rings. The molecule has 0 atom stereocenters. The van der Waals surface area contributed by atoms with E-state index in [1.807, 2.05) is 0 Å². The number of rotatable bonds is 3. The van der Waals surface area contributed by atoms with Gasteiger partial charge in [0.15, 0.2) is 0 Å². The molecule has 18 heavy (non-hydrogen) atoms. The molecule has 5 nitrogen and oxygen atoms in total. The fourth-order valence-corrected chi connectivity index (χ4v) is 1.83. The van der Waals surface area contributed by atoms with Gasteiger partial charge in [-0.05, 0) is 38.0 Å². The summed E-state index contributed by atoms with van der Waals surface area (Å²) >= 11 is 0. The highest BCUT2D eigenvalue weighted by molar-refractivity contribution is 6.37. The monoisotopic (exact) mass is 251 g/mol. The minimum Gasteiger partial charge on any atom is -0.474 e. The Labute approximate surface area is 106 Å². The van der Waals surface area contributed by atoms with Gasteiger partial charge in [0.2, 0.25) is 0 Å². The van der Waals surface area contributed by atoms with Crippen LogP contribution in [0.4, 0.5) is 5.69 Å². The number of amides is 1. The van der Waals surface area contributed by atoms with Gasteiger partial charge in [0, 0.05) is 11.7 Å². The maximum atomic E-state index is 11.7. The topological polar surface area (TPSA) is 77.8 Å². The van der Waals surface area contributed by atoms with Crippen LogP contribution in [0, 0.1) is 6.92 Å². The second-order valence-corrected chi connectivity index (χ2v) is 4.29. The van der Waals surface area contributed by atoms with Crippen molar-refractivity contribution >= 4 is 17.6 Å². The van der Waals surface area contributed by atoms with Crippen molar-refractivity contribution in [1.29, 1.82) is 0 Å². The van der Waals surface area contributed by atoms with Crippen molar-refractivity contribution in [2.24, 2.45) is 0 Å². The maximum absolute atomic E-state index is 11.7. The summed E-state index contributed by atoms with van der Waals surface area (Å²) in [5, 5.41) is 18.0. The molecule has 0 fully saturated rings. The fraction of sp³-hybridized carbons (Fsp3) is 0.385. The molecule has 0 radical (unpaired) electrons. The van der Waals surface area contributed by atoms with E-state index in [9.17, 15) is 14.7 Å². The van der Waals surface area contributed by atoms with Crippen molar-refractivity contribution < 1.29 is 19.8 Å². The average Bonchev–Trinajstić information content (AvgIpc) is 2.31. The highest BCUT2D eigenvalue weighted by Gasteiger charge is 2.26. The average molecular weight is 251 g/mol. The largest absolute Gasteiger partial charge is 0.474 e. The lowest BCUT2D eigenvalue weighted by Gasteiger charge is -2.27. The first-order valence-corrected chi connectivity index (χ1v) is 5.66. The Hall–Kier alpha value is -1.88. The minimum absolute atomic E-state index is 0.146. The van der Waals surface area contributed by atoms with Gasteiger partial charge < -0.3 is 10.2 Å². The summed E-state index contributed by atoms with van der Waals surface area (Å²) in [6, 6.07) is 4.83. The van der Waals surface area contributed by atoms with Crippen LogP contribution in [-0.2, 0) is 16.2 Å². The number of aliphatic carboxylic acids is 1. The third-order valence-electron chi connectivity index (χ3n) is 2.77. The molecule has 0 bridgehead atoms. The molecule has 1 aromatic carbocycles. The van der Waals surface area contributed by atoms with Crippen molar-refractivity contribution in [3.05, 3.63) is 29.3 Å². The molecule has 1 rings (SSSR count). The Morgan fingerprint density at radius 3 is 2.39 bits per heavy atom. The van der Waals surface area contributed by atoms with Gasteiger partial charge >= 0.3 is 11.9 Å². The van der Waals surface area contributed by atoms with Gasteiger partial charge in [0.25, 0.3) is 0 Å². The maximum Gasteiger partial charge on any atom is 0.394 e. The molecule has 0 spiro atoms. The number of carbonyl (C=O) groups excluding carboxylic acids is 1. The number of aliphatic hydroxyl groups is 1. The Kier molecular flexibility index (Phi) is 4.44. The van der Waals surface area contributed by atoms with E-state index in [0.29, 0.717) is 16.8 Å². The predicted octanol–water partition coefficient (Wildman–Crippen LogP) is 1.31. The fourth-order valence-electron chi connectivity index (χ4n) is 1.83. The van der Waals surface area contributed by atoms with Gasteiger partial charge in [0.1, 0.15) is 0 Å². The van der Waals surface area contributed by atoms with Gasteiger partial charge in [-0.3, -0.25) is 9.69 Å². The Bertz CT molecular complexity index is 468. The second-order valence-electron chi connectivity index (χ2n) is 4.29. The Morgan fingerprint density at radius 1 is 1.33 bits per heavy atom. The predicted molar refractivity (Wildman–Crippen MR) is 67.4 cm³/mol. The third-order valence-corrected chi connectivity index (χ3v) is 2.77. The molecule has 0 heterocycles. The van der Waals surface area contributed by atoms with Crippen LogP contribution in [0.1, 0.15) is 25.0 Å². The zero-order chi connectivity index (χ0) is 13.9. The van der Waals surface area contributed by atoms with Crippen molar-refractivity contribution in [3.8, 4) is 0 Å². The first-order chi connectivity index (χ1) is 8.40. The number of hydrogen-bond donors (Lipinski definition) is 2. The number of benzene rings is 1. The highest BCUT2D eigenvalue weighted by atomic mass is 16.4. The number of hydrogen-bond acceptors (Lipinski definition) is 3. The summed E-state index contributed by atoms with van der Waals surface area (Å²) in [6.45, 7) is 5.09. The van der Waals surface area contributed by atoms with E-state index < -0.39 is 11.9 Å². The summed E-state index contributed by atoms with van der Waals surface area (Å²) in [5.41, 5.74) is 1.91. The van der Waals surface area contributed by atoms with Gasteiger partial charge in [0.05, 0.1) is 6.61 Å². The third kappa shape index (κ3) is 2.68. The molecule has 0 saturated heterocycles. The molecule has 0 aliphatic heterocycles. The smallest absolute Gasteiger partial charge is 0.394 e. The molecule has 2 N–H and O–H groups in total. The van der Waals surface area contributed by atoms with Crippen LogP contribution in [-0.4, -0.2) is 28.1 Å². The van der Waals surface area contributed by atoms with Crippen LogP contribution < -0.4 is 4.90 Å². The van der Waals surface area contributed by atoms with Gasteiger partial charge in [-0.1, -0.05) is 12.1 Å². The SMILES string of the molecule is Cc1c(CO)cccc1N(C(=O)C(=O)O)C(C)C. The molecule has 0 aliphatic carbocycles. The van der Waals surface area contributed by atoms with Gasteiger partial charge in [-0.2, -0.15) is 0 Å². The lowest BCUT2D eigenvalue weighted by Crippen LogP contribution is -2.42. The molecule has 1 amide bonds. The van der Waals surface area contributed by atoms with Crippen molar-refractivity contribution in [2.75, 3.05) is 4.90 Å². The zero-order valence-electron chi connectivity index (χ0n) is 10.7. The molecule has 5 heteroatoms. The molecule has 0 saturated carbocycles. The van der Waals surface area contributed by atoms with E-state index in [4.69, 9.17) is 5.11 Å². The molecule has 1 aromatic rings. The lowest BCUT2D eigenvalue weighted by atomic mass is 10.1. The number of carboxylic acid groups (broad SMARTS) is 1. The highest BCUT2D eigenvalue weighted by Crippen LogP contribution is 2.25. The number of carboxylic acids is 1. The summed E-state index contributed by atoms with van der Waals surface area (Å²) < 4.78 is 0. The van der Waals surface area contributed by atoms with Gasteiger partial charge in [-0.15, -0.1) is 0 Å². The van der Waals surface area contributed by atoms with E-state index in [-0.39, 0.29) is 12.6 Å². The molecule has 0 unspecified atom stereocenters. The standard InChI is InChI=1S/C13H17NO4/c1-8(2)14(12(16)13(17)18)11-6-4-5-10(7-15)9(11)3/h4-6,8,15H,7H2,1-3H3,(H,17,18). The minimum atomic E-state index is -1.49. The van der Waals surface area contributed by atoms with Crippen LogP contribution in [0.25, 0.3) is 0 Å². The summed E-state index contributed by atoms with van der Waals surface area (Å²) in [6.07, 6.45) is 0. The van der Waals surface area contributed by atoms with Crippen LogP contribution in [0.15, 0.2) is 18.2 Å². The van der Waals surface area contributed by atoms with Gasteiger partial charge in [-0.25, -0.2) is 4.79 Å². The van der Waals surface area contributed by atoms with E-state index in [1.54, 1.807) is 39.0 Å². The van der Waals surface area contributed by atoms with E-state index in [1.165, 1.54) is 4.90 Å². The van der Waals surface area contributed by atoms with Crippen LogP contribution >= 0.6 is 0 Å². The first-order valence-electron chi connectivity index (χ1n) is 5.66. The van der Waals surface area contributed by atoms with Crippen LogP contribution in [0.3, 0.4) is 0 Å². The summed E-state index contributed by atoms with van der Waals surface area (Å²) in [7, 11) is 0. The summed E-state index contributed by atoms with van der Waals surface area (Å²) in [4.78, 5) is 23.8. The van der Waals surface area contributed by atoms with E-state index >= 15 is 0 Å². The number of aliphatic hydroxyl groups excluding tert-OH is 1. The molecular weight excluding hydrogens is 234 g/mol. The summed E-state index contributed by atoms with van der Waals surface area (Å²) in [5.74, 6) is -2.46. The van der Waals surface area contributed by atoms with E-state index in [2.05, 4.69) is 0 Å². The number of carbonyl (C=O) groups is 2. The van der Waals surface area contributed by atoms with Crippen molar-refractivity contribution in [3.63, 3.8) is 0 Å². The van der Waals surface area contributed by atoms with Crippen LogP contribution in [0.2, 0.25) is 0 Å². The quantitative estimate of drug-likeness (QED) is 0.794. The number of anilines is 1. The molecule has 0 aromatic heterocycles. The Morgan fingerprint density at radius 2 is 1.94 bits per heavy atom. The first kappa shape index (κ1) is 14.2. The molecule has 98 valence electrons. The van der Waals surface area contributed by atoms with Crippen molar-refractivity contribution in [1.82, 2.24) is 0 Å². The molecular formula is C13H17NO4. The second kappa shape index (κ2) is 5.64. The van der Waals surface area contributed by atoms with Crippen LogP contribution in [0.5, 0.6) is 0 Å². The zero-order valence-corrected chi connectivity index (χ0v) is 10.7. The van der Waals surface area contributed by atoms with E-state index in [0.717, 1.165) is 0 Å².